The van der Waals surface area contributed by atoms with E-state index in [0.29, 0.717) is 0 Å². The topological polar surface area (TPSA) is 112 Å². The molecule has 22 heavy (non-hydrogen) atoms. The molecule has 3 N–H and O–H groups in total. The third kappa shape index (κ3) is 5.78. The van der Waals surface area contributed by atoms with E-state index in [1.165, 1.54) is 32.1 Å². The Morgan fingerprint density at radius 1 is 1.05 bits per heavy atom. The molecular weight excluding hydrogens is 288 g/mol. The summed E-state index contributed by atoms with van der Waals surface area (Å²) in [6.07, 6.45) is 4.28. The van der Waals surface area contributed by atoms with Crippen LogP contribution < -0.4 is 0 Å². The van der Waals surface area contributed by atoms with Crippen LogP contribution in [0.15, 0.2) is 48.1 Å². The fourth-order valence-electron chi connectivity index (χ4n) is 1.82. The van der Waals surface area contributed by atoms with Crippen molar-refractivity contribution in [2.75, 3.05) is 0 Å². The number of allylic oxidation sites excluding steroid dienone is 3. The van der Waals surface area contributed by atoms with Crippen LogP contribution in [0.25, 0.3) is 0 Å². The van der Waals surface area contributed by atoms with Crippen LogP contribution in [0, 0.1) is 11.8 Å². The van der Waals surface area contributed by atoms with Gasteiger partial charge in [0, 0.05) is 28.6 Å². The molecule has 0 saturated carbocycles. The zero-order valence-corrected chi connectivity index (χ0v) is 12.6. The van der Waals surface area contributed by atoms with E-state index in [4.69, 9.17) is 10.2 Å². The highest BCUT2D eigenvalue weighted by atomic mass is 16.4. The highest BCUT2D eigenvalue weighted by Crippen LogP contribution is 2.23. The molecule has 0 saturated heterocycles. The van der Waals surface area contributed by atoms with Crippen molar-refractivity contribution in [3.05, 3.63) is 48.1 Å². The summed E-state index contributed by atoms with van der Waals surface area (Å²) in [5.41, 5.74) is -0.225. The zero-order chi connectivity index (χ0) is 17.4. The van der Waals surface area contributed by atoms with Crippen molar-refractivity contribution < 1.29 is 29.7 Å². The molecule has 0 radical (unpaired) electrons. The second-order valence-corrected chi connectivity index (χ2v) is 4.83. The number of hydrogen-bond acceptors (Lipinski definition) is 3. The van der Waals surface area contributed by atoms with Gasteiger partial charge in [-0.15, -0.1) is 6.58 Å². The van der Waals surface area contributed by atoms with Crippen LogP contribution >= 0.6 is 0 Å². The molecule has 0 spiro atoms. The van der Waals surface area contributed by atoms with E-state index < -0.39 is 29.7 Å². The number of rotatable bonds is 9. The summed E-state index contributed by atoms with van der Waals surface area (Å²) in [5, 5.41) is 27.1. The van der Waals surface area contributed by atoms with Gasteiger partial charge in [-0.2, -0.15) is 0 Å². The lowest BCUT2D eigenvalue weighted by atomic mass is 9.89. The van der Waals surface area contributed by atoms with Gasteiger partial charge in [0.05, 0.1) is 0 Å². The van der Waals surface area contributed by atoms with Crippen LogP contribution in [-0.2, 0) is 14.4 Å². The van der Waals surface area contributed by atoms with Crippen molar-refractivity contribution in [1.82, 2.24) is 0 Å². The van der Waals surface area contributed by atoms with Crippen LogP contribution in [0.4, 0.5) is 0 Å². The summed E-state index contributed by atoms with van der Waals surface area (Å²) in [4.78, 5) is 33.2. The standard InChI is InChI=1S/C16H20O6/c1-5-6-12(11(4)15(19)20)8-13(16(21)22)9(2)7-10(3)14(17)18/h5,7-9,12H,1,4,6H2,2-3H3,(H,17,18)(H,19,20)(H,21,22). The first kappa shape index (κ1) is 19.4. The van der Waals surface area contributed by atoms with Gasteiger partial charge in [0.2, 0.25) is 0 Å². The van der Waals surface area contributed by atoms with E-state index in [0.717, 1.165) is 0 Å². The Labute approximate surface area is 128 Å². The van der Waals surface area contributed by atoms with Crippen molar-refractivity contribution in [2.24, 2.45) is 11.8 Å². The summed E-state index contributed by atoms with van der Waals surface area (Å²) in [6, 6.07) is 0. The number of carbonyl (C=O) groups is 3. The van der Waals surface area contributed by atoms with E-state index >= 15 is 0 Å². The minimum atomic E-state index is -1.24. The second-order valence-electron chi connectivity index (χ2n) is 4.83. The molecule has 0 aliphatic rings. The minimum Gasteiger partial charge on any atom is -0.478 e. The minimum absolute atomic E-state index is 0.0111. The maximum Gasteiger partial charge on any atom is 0.331 e. The molecule has 0 rings (SSSR count). The molecule has 6 nitrogen and oxygen atoms in total. The van der Waals surface area contributed by atoms with Crippen molar-refractivity contribution in [3.8, 4) is 0 Å². The molecule has 120 valence electrons. The van der Waals surface area contributed by atoms with Gasteiger partial charge in [0.25, 0.3) is 0 Å². The first-order valence-electron chi connectivity index (χ1n) is 6.51. The number of aliphatic carboxylic acids is 3. The van der Waals surface area contributed by atoms with Gasteiger partial charge in [-0.25, -0.2) is 14.4 Å². The number of carboxylic acid groups (broad SMARTS) is 3. The van der Waals surface area contributed by atoms with Gasteiger partial charge in [0.15, 0.2) is 0 Å². The molecule has 0 aromatic rings. The zero-order valence-electron chi connectivity index (χ0n) is 12.6. The predicted octanol–water partition coefficient (Wildman–Crippen LogP) is 2.50. The highest BCUT2D eigenvalue weighted by Gasteiger charge is 2.21. The Bertz CT molecular complexity index is 553. The van der Waals surface area contributed by atoms with Gasteiger partial charge >= 0.3 is 17.9 Å². The van der Waals surface area contributed by atoms with Crippen LogP contribution in [-0.4, -0.2) is 33.2 Å². The van der Waals surface area contributed by atoms with Gasteiger partial charge in [-0.1, -0.05) is 31.7 Å². The fourth-order valence-corrected chi connectivity index (χ4v) is 1.82. The molecule has 0 aromatic carbocycles. The molecule has 0 bridgehead atoms. The third-order valence-electron chi connectivity index (χ3n) is 3.10. The SMILES string of the molecule is C=CCC(C=C(C(=O)O)C(C)C=C(C)C(=O)O)C(=C)C(=O)O. The predicted molar refractivity (Wildman–Crippen MR) is 81.4 cm³/mol. The average Bonchev–Trinajstić information content (AvgIpc) is 2.41. The Morgan fingerprint density at radius 3 is 1.95 bits per heavy atom. The molecule has 0 fully saturated rings. The Hall–Kier alpha value is -2.63. The molecule has 0 aliphatic heterocycles. The molecule has 0 amide bonds. The van der Waals surface area contributed by atoms with E-state index in [-0.39, 0.29) is 23.1 Å². The van der Waals surface area contributed by atoms with Gasteiger partial charge in [0.1, 0.15) is 0 Å². The molecule has 0 aliphatic carbocycles. The van der Waals surface area contributed by atoms with Crippen molar-refractivity contribution >= 4 is 17.9 Å². The quantitative estimate of drug-likeness (QED) is 0.445. The number of carboxylic acids is 3. The fraction of sp³-hybridized carbons (Fsp3) is 0.312. The van der Waals surface area contributed by atoms with Gasteiger partial charge < -0.3 is 15.3 Å². The molecular formula is C16H20O6. The lowest BCUT2D eigenvalue weighted by Crippen LogP contribution is -2.15. The summed E-state index contributed by atoms with van der Waals surface area (Å²) in [6.45, 7) is 9.84. The third-order valence-corrected chi connectivity index (χ3v) is 3.10. The number of hydrogen-bond donors (Lipinski definition) is 3. The lowest BCUT2D eigenvalue weighted by molar-refractivity contribution is -0.134. The Morgan fingerprint density at radius 2 is 1.59 bits per heavy atom. The molecule has 6 heteroatoms. The van der Waals surface area contributed by atoms with Crippen LogP contribution in [0.1, 0.15) is 20.3 Å². The normalized spacial score (nSPS) is 14.8. The Kier molecular flexibility index (Phi) is 7.58. The van der Waals surface area contributed by atoms with Gasteiger partial charge in [-0.3, -0.25) is 0 Å². The molecule has 0 aromatic heterocycles. The molecule has 2 unspecified atom stereocenters. The van der Waals surface area contributed by atoms with Crippen LogP contribution in [0.5, 0.6) is 0 Å². The first-order chi connectivity index (χ1) is 10.1. The Balaban J connectivity index is 5.70. The first-order valence-corrected chi connectivity index (χ1v) is 6.51. The average molecular weight is 308 g/mol. The molecule has 0 heterocycles. The largest absolute Gasteiger partial charge is 0.478 e. The van der Waals surface area contributed by atoms with Crippen molar-refractivity contribution in [3.63, 3.8) is 0 Å². The van der Waals surface area contributed by atoms with E-state index in [2.05, 4.69) is 13.2 Å². The van der Waals surface area contributed by atoms with E-state index in [9.17, 15) is 19.5 Å². The lowest BCUT2D eigenvalue weighted by Gasteiger charge is -2.15. The monoisotopic (exact) mass is 308 g/mol. The van der Waals surface area contributed by atoms with Crippen molar-refractivity contribution in [2.45, 2.75) is 20.3 Å². The molecule has 2 atom stereocenters. The maximum absolute atomic E-state index is 11.4. The van der Waals surface area contributed by atoms with Crippen LogP contribution in [0.3, 0.4) is 0 Å². The maximum atomic E-state index is 11.4. The smallest absolute Gasteiger partial charge is 0.331 e. The van der Waals surface area contributed by atoms with E-state index in [1.807, 2.05) is 0 Å². The van der Waals surface area contributed by atoms with Crippen molar-refractivity contribution in [1.29, 1.82) is 0 Å². The van der Waals surface area contributed by atoms with E-state index in [1.54, 1.807) is 0 Å². The second kappa shape index (κ2) is 8.61. The summed E-state index contributed by atoms with van der Waals surface area (Å²) in [7, 11) is 0. The van der Waals surface area contributed by atoms with Crippen LogP contribution in [0.2, 0.25) is 0 Å². The summed E-state index contributed by atoms with van der Waals surface area (Å²) >= 11 is 0. The summed E-state index contributed by atoms with van der Waals surface area (Å²) < 4.78 is 0. The highest BCUT2D eigenvalue weighted by molar-refractivity contribution is 5.91. The van der Waals surface area contributed by atoms with Gasteiger partial charge in [-0.05, 0) is 13.3 Å². The summed E-state index contributed by atoms with van der Waals surface area (Å²) in [5.74, 6) is -5.02.